The first-order valence-corrected chi connectivity index (χ1v) is 10.1. The van der Waals surface area contributed by atoms with Crippen LogP contribution in [0.4, 0.5) is 4.79 Å². The van der Waals surface area contributed by atoms with E-state index in [0.29, 0.717) is 6.42 Å². The zero-order valence-electron chi connectivity index (χ0n) is 16.9. The molecule has 0 saturated heterocycles. The first-order chi connectivity index (χ1) is 14.5. The molecule has 2 amide bonds. The number of nitrogens with one attached hydrogen (secondary N) is 2. The van der Waals surface area contributed by atoms with E-state index in [2.05, 4.69) is 34.9 Å². The third kappa shape index (κ3) is 5.17. The summed E-state index contributed by atoms with van der Waals surface area (Å²) in [6.45, 7) is 2.02. The second-order valence-electron chi connectivity index (χ2n) is 7.36. The Morgan fingerprint density at radius 2 is 1.60 bits per heavy atom. The van der Waals surface area contributed by atoms with E-state index in [4.69, 9.17) is 9.84 Å². The van der Waals surface area contributed by atoms with E-state index < -0.39 is 18.6 Å². The van der Waals surface area contributed by atoms with Gasteiger partial charge in [0.2, 0.25) is 5.91 Å². The minimum atomic E-state index is -1.09. The molecule has 1 unspecified atom stereocenters. The molecule has 3 N–H and O–H groups in total. The van der Waals surface area contributed by atoms with Crippen molar-refractivity contribution in [1.82, 2.24) is 10.6 Å². The van der Waals surface area contributed by atoms with Crippen LogP contribution in [0.1, 0.15) is 36.8 Å². The summed E-state index contributed by atoms with van der Waals surface area (Å²) in [4.78, 5) is 34.5. The highest BCUT2D eigenvalue weighted by Crippen LogP contribution is 2.44. The Morgan fingerprint density at radius 3 is 2.17 bits per heavy atom. The molecular weight excluding hydrogens is 384 g/mol. The Bertz CT molecular complexity index is 882. The summed E-state index contributed by atoms with van der Waals surface area (Å²) < 4.78 is 5.49. The topological polar surface area (TPSA) is 105 Å². The summed E-state index contributed by atoms with van der Waals surface area (Å²) in [5, 5.41) is 13.7. The predicted molar refractivity (Wildman–Crippen MR) is 112 cm³/mol. The summed E-state index contributed by atoms with van der Waals surface area (Å²) in [5.74, 6) is -1.54. The molecule has 2 aromatic rings. The molecule has 2 aromatic carbocycles. The molecule has 0 radical (unpaired) electrons. The number of rotatable bonds is 9. The van der Waals surface area contributed by atoms with Gasteiger partial charge in [0.05, 0.1) is 0 Å². The van der Waals surface area contributed by atoms with Crippen LogP contribution in [0.5, 0.6) is 0 Å². The molecule has 3 rings (SSSR count). The Hall–Kier alpha value is -3.35. The van der Waals surface area contributed by atoms with Gasteiger partial charge in [-0.25, -0.2) is 4.79 Å². The fourth-order valence-electron chi connectivity index (χ4n) is 3.75. The van der Waals surface area contributed by atoms with Gasteiger partial charge in [0.1, 0.15) is 13.2 Å². The van der Waals surface area contributed by atoms with Crippen LogP contribution in [0.25, 0.3) is 11.1 Å². The monoisotopic (exact) mass is 410 g/mol. The van der Waals surface area contributed by atoms with Crippen LogP contribution in [-0.2, 0) is 14.3 Å². The van der Waals surface area contributed by atoms with Crippen molar-refractivity contribution < 1.29 is 24.2 Å². The Labute approximate surface area is 175 Å². The van der Waals surface area contributed by atoms with Crippen LogP contribution in [0.15, 0.2) is 48.5 Å². The minimum Gasteiger partial charge on any atom is -0.480 e. The number of alkyl carbamates (subject to hydrolysis) is 1. The molecule has 0 fully saturated rings. The number of amides is 2. The summed E-state index contributed by atoms with van der Waals surface area (Å²) in [5.41, 5.74) is 4.63. The summed E-state index contributed by atoms with van der Waals surface area (Å²) in [6.07, 6.45) is 0.290. The maximum absolute atomic E-state index is 12.2. The number of hydrogen-bond donors (Lipinski definition) is 3. The van der Waals surface area contributed by atoms with Gasteiger partial charge in [-0.1, -0.05) is 61.9 Å². The van der Waals surface area contributed by atoms with Gasteiger partial charge in [-0.15, -0.1) is 0 Å². The van der Waals surface area contributed by atoms with Crippen LogP contribution >= 0.6 is 0 Å². The minimum absolute atomic E-state index is 0.00748. The van der Waals surface area contributed by atoms with Crippen LogP contribution in [0.3, 0.4) is 0 Å². The van der Waals surface area contributed by atoms with Crippen molar-refractivity contribution >= 4 is 18.0 Å². The average molecular weight is 410 g/mol. The molecule has 0 saturated carbocycles. The summed E-state index contributed by atoms with van der Waals surface area (Å²) in [6, 6.07) is 16.3. The van der Waals surface area contributed by atoms with Gasteiger partial charge in [-0.3, -0.25) is 9.59 Å². The molecule has 30 heavy (non-hydrogen) atoms. The number of benzene rings is 2. The Morgan fingerprint density at radius 1 is 1.00 bits per heavy atom. The van der Waals surface area contributed by atoms with E-state index >= 15 is 0 Å². The lowest BCUT2D eigenvalue weighted by molar-refractivity contribution is -0.138. The molecule has 1 atom stereocenters. The van der Waals surface area contributed by atoms with Crippen molar-refractivity contribution in [3.05, 3.63) is 59.7 Å². The number of hydrogen-bond acceptors (Lipinski definition) is 4. The summed E-state index contributed by atoms with van der Waals surface area (Å²) >= 11 is 0. The first-order valence-electron chi connectivity index (χ1n) is 10.1. The third-order valence-electron chi connectivity index (χ3n) is 5.37. The number of carbonyl (C=O) groups is 3. The van der Waals surface area contributed by atoms with Crippen molar-refractivity contribution in [3.8, 4) is 11.1 Å². The fraction of sp³-hybridized carbons (Fsp3) is 0.348. The van der Waals surface area contributed by atoms with Crippen molar-refractivity contribution in [2.24, 2.45) is 5.92 Å². The van der Waals surface area contributed by atoms with E-state index in [1.165, 1.54) is 11.1 Å². The van der Waals surface area contributed by atoms with Crippen LogP contribution in [-0.4, -0.2) is 42.8 Å². The smallest absolute Gasteiger partial charge is 0.407 e. The molecule has 158 valence electrons. The van der Waals surface area contributed by atoms with E-state index in [-0.39, 0.29) is 37.3 Å². The standard InChI is InChI=1S/C23H26N2O5/c1-2-15(11-21(26)24-13-22(27)28)12-25-23(29)30-14-20-18-9-5-3-7-16(18)17-8-4-6-10-19(17)20/h3-10,15,20H,2,11-14H2,1H3,(H,24,26)(H,25,29)(H,27,28). The highest BCUT2D eigenvalue weighted by Gasteiger charge is 2.29. The Balaban J connectivity index is 1.51. The highest BCUT2D eigenvalue weighted by molar-refractivity contribution is 5.81. The van der Waals surface area contributed by atoms with Gasteiger partial charge in [-0.05, 0) is 28.2 Å². The van der Waals surface area contributed by atoms with Crippen LogP contribution in [0, 0.1) is 5.92 Å². The number of carboxylic acids is 1. The normalized spacial score (nSPS) is 13.1. The molecule has 7 heteroatoms. The van der Waals surface area contributed by atoms with Crippen molar-refractivity contribution in [2.45, 2.75) is 25.7 Å². The van der Waals surface area contributed by atoms with Gasteiger partial charge in [0.15, 0.2) is 0 Å². The summed E-state index contributed by atoms with van der Waals surface area (Å²) in [7, 11) is 0. The molecular formula is C23H26N2O5. The van der Waals surface area contributed by atoms with E-state index in [0.717, 1.165) is 11.1 Å². The number of fused-ring (bicyclic) bond motifs is 3. The number of carboxylic acid groups (broad SMARTS) is 1. The maximum atomic E-state index is 12.2. The van der Waals surface area contributed by atoms with Gasteiger partial charge < -0.3 is 20.5 Å². The molecule has 1 aliphatic carbocycles. The zero-order valence-corrected chi connectivity index (χ0v) is 16.9. The predicted octanol–water partition coefficient (Wildman–Crippen LogP) is 3.14. The number of aliphatic carboxylic acids is 1. The van der Waals surface area contributed by atoms with E-state index in [1.54, 1.807) is 0 Å². The van der Waals surface area contributed by atoms with E-state index in [1.807, 2.05) is 31.2 Å². The molecule has 0 heterocycles. The number of ether oxygens (including phenoxy) is 1. The molecule has 7 nitrogen and oxygen atoms in total. The lowest BCUT2D eigenvalue weighted by Gasteiger charge is -2.17. The molecule has 0 aromatic heterocycles. The zero-order chi connectivity index (χ0) is 21.5. The Kier molecular flexibility index (Phi) is 7.06. The highest BCUT2D eigenvalue weighted by atomic mass is 16.5. The molecule has 0 spiro atoms. The quantitative estimate of drug-likeness (QED) is 0.589. The van der Waals surface area contributed by atoms with E-state index in [9.17, 15) is 14.4 Å². The maximum Gasteiger partial charge on any atom is 0.407 e. The fourth-order valence-corrected chi connectivity index (χ4v) is 3.75. The van der Waals surface area contributed by atoms with Gasteiger partial charge in [0, 0.05) is 18.9 Å². The average Bonchev–Trinajstić information content (AvgIpc) is 3.07. The lowest BCUT2D eigenvalue weighted by Crippen LogP contribution is -2.35. The first kappa shape index (κ1) is 21.4. The van der Waals surface area contributed by atoms with Crippen LogP contribution in [0.2, 0.25) is 0 Å². The third-order valence-corrected chi connectivity index (χ3v) is 5.37. The second-order valence-corrected chi connectivity index (χ2v) is 7.36. The molecule has 0 bridgehead atoms. The van der Waals surface area contributed by atoms with Gasteiger partial charge in [-0.2, -0.15) is 0 Å². The van der Waals surface area contributed by atoms with Crippen molar-refractivity contribution in [2.75, 3.05) is 19.7 Å². The number of carbonyl (C=O) groups excluding carboxylic acids is 2. The largest absolute Gasteiger partial charge is 0.480 e. The lowest BCUT2D eigenvalue weighted by atomic mass is 9.98. The van der Waals surface area contributed by atoms with Crippen molar-refractivity contribution in [3.63, 3.8) is 0 Å². The van der Waals surface area contributed by atoms with Crippen LogP contribution < -0.4 is 10.6 Å². The van der Waals surface area contributed by atoms with Crippen molar-refractivity contribution in [1.29, 1.82) is 0 Å². The van der Waals surface area contributed by atoms with Gasteiger partial charge >= 0.3 is 12.1 Å². The molecule has 1 aliphatic rings. The second kappa shape index (κ2) is 9.91. The SMILES string of the molecule is CCC(CNC(=O)OCC1c2ccccc2-c2ccccc21)CC(=O)NCC(=O)O. The molecule has 0 aliphatic heterocycles. The van der Waals surface area contributed by atoms with Gasteiger partial charge in [0.25, 0.3) is 0 Å².